The van der Waals surface area contributed by atoms with Crippen molar-refractivity contribution in [2.45, 2.75) is 33.3 Å². The first-order valence-electron chi connectivity index (χ1n) is 6.11. The average Bonchev–Trinajstić information content (AvgIpc) is 2.59. The van der Waals surface area contributed by atoms with Crippen molar-refractivity contribution in [1.82, 2.24) is 4.90 Å². The third kappa shape index (κ3) is 2.10. The highest BCUT2D eigenvalue weighted by atomic mass is 16.5. The van der Waals surface area contributed by atoms with Crippen LogP contribution in [0.1, 0.15) is 24.5 Å². The first kappa shape index (κ1) is 12.6. The van der Waals surface area contributed by atoms with Crippen LogP contribution in [0.4, 0.5) is 0 Å². The molecule has 1 heterocycles. The van der Waals surface area contributed by atoms with Crippen LogP contribution >= 0.6 is 0 Å². The molecule has 0 bridgehead atoms. The Morgan fingerprint density at radius 2 is 1.89 bits per heavy atom. The number of benzene rings is 1. The summed E-state index contributed by atoms with van der Waals surface area (Å²) in [5.74, 6) is 0.325. The van der Waals surface area contributed by atoms with E-state index < -0.39 is 6.10 Å². The maximum atomic E-state index is 12.0. The summed E-state index contributed by atoms with van der Waals surface area (Å²) in [5.41, 5.74) is 1.95. The molecule has 1 unspecified atom stereocenters. The number of para-hydroxylation sites is 1. The summed E-state index contributed by atoms with van der Waals surface area (Å²) in [4.78, 5) is 24.8. The smallest absolute Gasteiger partial charge is 0.270 e. The molecule has 1 aromatic carbocycles. The second-order valence-electron chi connectivity index (χ2n) is 4.51. The van der Waals surface area contributed by atoms with Crippen molar-refractivity contribution in [3.63, 3.8) is 0 Å². The van der Waals surface area contributed by atoms with Crippen LogP contribution in [-0.4, -0.2) is 29.4 Å². The van der Waals surface area contributed by atoms with Gasteiger partial charge in [0, 0.05) is 6.54 Å². The summed E-state index contributed by atoms with van der Waals surface area (Å²) in [6.45, 7) is 6.06. The summed E-state index contributed by atoms with van der Waals surface area (Å²) in [7, 11) is 0. The van der Waals surface area contributed by atoms with E-state index in [-0.39, 0.29) is 18.2 Å². The number of hydrogen-bond donors (Lipinski definition) is 0. The Hall–Kier alpha value is -1.84. The van der Waals surface area contributed by atoms with Gasteiger partial charge >= 0.3 is 0 Å². The van der Waals surface area contributed by atoms with E-state index in [9.17, 15) is 9.59 Å². The zero-order chi connectivity index (χ0) is 13.3. The molecule has 1 aliphatic rings. The molecule has 2 rings (SSSR count). The standard InChI is InChI=1S/C14H17NO3/c1-4-15-12(16)8-11(14(15)17)18-13-9(2)6-5-7-10(13)3/h5-7,11H,4,8H2,1-3H3. The van der Waals surface area contributed by atoms with Crippen LogP contribution in [-0.2, 0) is 9.59 Å². The number of nitrogens with zero attached hydrogens (tertiary/aromatic N) is 1. The molecular formula is C14H17NO3. The van der Waals surface area contributed by atoms with Gasteiger partial charge in [-0.1, -0.05) is 18.2 Å². The molecular weight excluding hydrogens is 230 g/mol. The largest absolute Gasteiger partial charge is 0.479 e. The van der Waals surface area contributed by atoms with Crippen LogP contribution in [0, 0.1) is 13.8 Å². The van der Waals surface area contributed by atoms with Crippen LogP contribution in [0.15, 0.2) is 18.2 Å². The lowest BCUT2D eigenvalue weighted by Gasteiger charge is -2.16. The fraction of sp³-hybridized carbons (Fsp3) is 0.429. The van der Waals surface area contributed by atoms with E-state index >= 15 is 0 Å². The molecule has 4 heteroatoms. The van der Waals surface area contributed by atoms with E-state index in [1.807, 2.05) is 32.0 Å². The van der Waals surface area contributed by atoms with Gasteiger partial charge in [0.15, 0.2) is 6.10 Å². The summed E-state index contributed by atoms with van der Waals surface area (Å²) in [6.07, 6.45) is -0.530. The Morgan fingerprint density at radius 3 is 2.39 bits per heavy atom. The molecule has 0 aliphatic carbocycles. The lowest BCUT2D eigenvalue weighted by atomic mass is 10.1. The van der Waals surface area contributed by atoms with E-state index in [0.29, 0.717) is 12.3 Å². The van der Waals surface area contributed by atoms with Gasteiger partial charge in [-0.15, -0.1) is 0 Å². The third-order valence-electron chi connectivity index (χ3n) is 3.19. The van der Waals surface area contributed by atoms with Crippen molar-refractivity contribution in [3.05, 3.63) is 29.3 Å². The van der Waals surface area contributed by atoms with Crippen molar-refractivity contribution in [1.29, 1.82) is 0 Å². The number of ether oxygens (including phenoxy) is 1. The van der Waals surface area contributed by atoms with E-state index in [2.05, 4.69) is 0 Å². The van der Waals surface area contributed by atoms with Crippen molar-refractivity contribution in [2.24, 2.45) is 0 Å². The molecule has 18 heavy (non-hydrogen) atoms. The van der Waals surface area contributed by atoms with Gasteiger partial charge in [0.1, 0.15) is 5.75 Å². The molecule has 4 nitrogen and oxygen atoms in total. The normalized spacial score (nSPS) is 19.5. The predicted molar refractivity (Wildman–Crippen MR) is 67.3 cm³/mol. The Balaban J connectivity index is 2.21. The number of hydrogen-bond acceptors (Lipinski definition) is 3. The van der Waals surface area contributed by atoms with Crippen LogP contribution in [0.5, 0.6) is 5.75 Å². The topological polar surface area (TPSA) is 46.6 Å². The van der Waals surface area contributed by atoms with Gasteiger partial charge in [-0.3, -0.25) is 14.5 Å². The van der Waals surface area contributed by atoms with Crippen molar-refractivity contribution >= 4 is 11.8 Å². The summed E-state index contributed by atoms with van der Waals surface area (Å²) in [6, 6.07) is 5.81. The first-order valence-corrected chi connectivity index (χ1v) is 6.11. The summed E-state index contributed by atoms with van der Waals surface area (Å²) >= 11 is 0. The maximum Gasteiger partial charge on any atom is 0.270 e. The van der Waals surface area contributed by atoms with Gasteiger partial charge in [-0.2, -0.15) is 0 Å². The average molecular weight is 247 g/mol. The maximum absolute atomic E-state index is 12.0. The molecule has 2 amide bonds. The molecule has 0 N–H and O–H groups in total. The minimum atomic E-state index is -0.669. The number of carbonyl (C=O) groups excluding carboxylic acids is 2. The van der Waals surface area contributed by atoms with E-state index in [1.54, 1.807) is 6.92 Å². The fourth-order valence-corrected chi connectivity index (χ4v) is 2.20. The highest BCUT2D eigenvalue weighted by Gasteiger charge is 2.39. The molecule has 1 aliphatic heterocycles. The third-order valence-corrected chi connectivity index (χ3v) is 3.19. The molecule has 0 saturated carbocycles. The second kappa shape index (κ2) is 4.80. The van der Waals surface area contributed by atoms with E-state index in [0.717, 1.165) is 11.1 Å². The zero-order valence-electron chi connectivity index (χ0n) is 10.9. The van der Waals surface area contributed by atoms with E-state index in [4.69, 9.17) is 4.74 Å². The van der Waals surface area contributed by atoms with Gasteiger partial charge in [0.05, 0.1) is 6.42 Å². The molecule has 1 fully saturated rings. The van der Waals surface area contributed by atoms with Crippen molar-refractivity contribution in [2.75, 3.05) is 6.54 Å². The first-order chi connectivity index (χ1) is 8.54. The summed E-state index contributed by atoms with van der Waals surface area (Å²) in [5, 5.41) is 0. The lowest BCUT2D eigenvalue weighted by Crippen LogP contribution is -2.33. The fourth-order valence-electron chi connectivity index (χ4n) is 2.20. The minimum absolute atomic E-state index is 0.139. The van der Waals surface area contributed by atoms with E-state index in [1.165, 1.54) is 4.90 Å². The van der Waals surface area contributed by atoms with Crippen LogP contribution in [0.2, 0.25) is 0 Å². The van der Waals surface area contributed by atoms with Crippen LogP contribution in [0.3, 0.4) is 0 Å². The molecule has 1 aromatic rings. The van der Waals surface area contributed by atoms with Gasteiger partial charge in [-0.05, 0) is 31.9 Å². The molecule has 0 radical (unpaired) electrons. The molecule has 0 aromatic heterocycles. The Morgan fingerprint density at radius 1 is 1.28 bits per heavy atom. The SMILES string of the molecule is CCN1C(=O)CC(Oc2c(C)cccc2C)C1=O. The van der Waals surface area contributed by atoms with Crippen LogP contribution < -0.4 is 4.74 Å². The quantitative estimate of drug-likeness (QED) is 0.765. The number of likely N-dealkylation sites (N-methyl/N-ethyl adjacent to an activating group) is 1. The second-order valence-corrected chi connectivity index (χ2v) is 4.51. The number of carbonyl (C=O) groups is 2. The van der Waals surface area contributed by atoms with Crippen molar-refractivity contribution < 1.29 is 14.3 Å². The highest BCUT2D eigenvalue weighted by Crippen LogP contribution is 2.26. The Bertz CT molecular complexity index is 476. The monoisotopic (exact) mass is 247 g/mol. The molecule has 1 saturated heterocycles. The zero-order valence-corrected chi connectivity index (χ0v) is 10.9. The molecule has 96 valence electrons. The highest BCUT2D eigenvalue weighted by molar-refractivity contribution is 6.05. The van der Waals surface area contributed by atoms with Gasteiger partial charge in [-0.25, -0.2) is 0 Å². The minimum Gasteiger partial charge on any atom is -0.479 e. The predicted octanol–water partition coefficient (Wildman–Crippen LogP) is 1.83. The number of likely N-dealkylation sites (tertiary alicyclic amines) is 1. The Labute approximate surface area is 107 Å². The Kier molecular flexibility index (Phi) is 3.36. The lowest BCUT2D eigenvalue weighted by molar-refractivity contribution is -0.139. The molecule has 0 spiro atoms. The van der Waals surface area contributed by atoms with Crippen molar-refractivity contribution in [3.8, 4) is 5.75 Å². The van der Waals surface area contributed by atoms with Crippen LogP contribution in [0.25, 0.3) is 0 Å². The summed E-state index contributed by atoms with van der Waals surface area (Å²) < 4.78 is 5.74. The number of rotatable bonds is 3. The number of imide groups is 1. The van der Waals surface area contributed by atoms with Gasteiger partial charge in [0.25, 0.3) is 5.91 Å². The van der Waals surface area contributed by atoms with Gasteiger partial charge in [0.2, 0.25) is 5.91 Å². The molecule has 1 atom stereocenters. The van der Waals surface area contributed by atoms with Gasteiger partial charge < -0.3 is 4.74 Å². The number of amides is 2. The number of aryl methyl sites for hydroxylation is 2.